The van der Waals surface area contributed by atoms with E-state index in [9.17, 15) is 4.79 Å². The third kappa shape index (κ3) is 3.50. The van der Waals surface area contributed by atoms with E-state index in [4.69, 9.17) is 0 Å². The second-order valence-electron chi connectivity index (χ2n) is 4.94. The van der Waals surface area contributed by atoms with Crippen LogP contribution in [0.25, 0.3) is 0 Å². The fourth-order valence-corrected chi connectivity index (χ4v) is 2.22. The van der Waals surface area contributed by atoms with Crippen LogP contribution in [0.2, 0.25) is 0 Å². The summed E-state index contributed by atoms with van der Waals surface area (Å²) >= 11 is 0. The molecule has 1 heteroatoms. The molecule has 0 heterocycles. The standard InChI is InChI=1S/C12H22O/c1-9(2)12(13)7-6-11-5-4-10(3)8-11/h9-11H,4-8H2,1-3H3. The molecule has 1 nitrogen and oxygen atoms in total. The van der Waals surface area contributed by atoms with Gasteiger partial charge < -0.3 is 0 Å². The van der Waals surface area contributed by atoms with Crippen LogP contribution < -0.4 is 0 Å². The Morgan fingerprint density at radius 2 is 2.08 bits per heavy atom. The molecule has 0 aromatic heterocycles. The molecule has 1 rings (SSSR count). The number of rotatable bonds is 4. The van der Waals surface area contributed by atoms with Gasteiger partial charge in [-0.25, -0.2) is 0 Å². The predicted molar refractivity (Wildman–Crippen MR) is 55.6 cm³/mol. The topological polar surface area (TPSA) is 17.1 Å². The van der Waals surface area contributed by atoms with Crippen molar-refractivity contribution in [1.29, 1.82) is 0 Å². The van der Waals surface area contributed by atoms with E-state index in [0.717, 1.165) is 24.7 Å². The van der Waals surface area contributed by atoms with E-state index in [0.29, 0.717) is 5.78 Å². The average molecular weight is 182 g/mol. The van der Waals surface area contributed by atoms with Crippen LogP contribution >= 0.6 is 0 Å². The van der Waals surface area contributed by atoms with Gasteiger partial charge in [-0.15, -0.1) is 0 Å². The van der Waals surface area contributed by atoms with Gasteiger partial charge in [0.25, 0.3) is 0 Å². The van der Waals surface area contributed by atoms with Crippen molar-refractivity contribution in [1.82, 2.24) is 0 Å². The number of carbonyl (C=O) groups excluding carboxylic acids is 1. The molecule has 0 amide bonds. The summed E-state index contributed by atoms with van der Waals surface area (Å²) in [6, 6.07) is 0. The molecular formula is C12H22O. The Hall–Kier alpha value is -0.330. The number of hydrogen-bond donors (Lipinski definition) is 0. The maximum absolute atomic E-state index is 11.4. The highest BCUT2D eigenvalue weighted by Crippen LogP contribution is 2.33. The Morgan fingerprint density at radius 1 is 1.38 bits per heavy atom. The number of ketones is 1. The molecule has 1 saturated carbocycles. The van der Waals surface area contributed by atoms with E-state index < -0.39 is 0 Å². The molecular weight excluding hydrogens is 160 g/mol. The highest BCUT2D eigenvalue weighted by atomic mass is 16.1. The molecule has 0 radical (unpaired) electrons. The molecule has 0 spiro atoms. The fourth-order valence-electron chi connectivity index (χ4n) is 2.22. The van der Waals surface area contributed by atoms with E-state index in [-0.39, 0.29) is 5.92 Å². The third-order valence-electron chi connectivity index (χ3n) is 3.25. The van der Waals surface area contributed by atoms with Crippen LogP contribution in [-0.2, 0) is 4.79 Å². The zero-order chi connectivity index (χ0) is 9.84. The van der Waals surface area contributed by atoms with Crippen LogP contribution in [0.1, 0.15) is 52.9 Å². The molecule has 0 aromatic rings. The molecule has 2 atom stereocenters. The lowest BCUT2D eigenvalue weighted by atomic mass is 9.95. The van der Waals surface area contributed by atoms with Crippen LogP contribution in [0.15, 0.2) is 0 Å². The van der Waals surface area contributed by atoms with Gasteiger partial charge in [0.2, 0.25) is 0 Å². The third-order valence-corrected chi connectivity index (χ3v) is 3.25. The molecule has 2 unspecified atom stereocenters. The SMILES string of the molecule is CC1CCC(CCC(=O)C(C)C)C1. The van der Waals surface area contributed by atoms with Crippen molar-refractivity contribution >= 4 is 5.78 Å². The summed E-state index contributed by atoms with van der Waals surface area (Å²) < 4.78 is 0. The van der Waals surface area contributed by atoms with Gasteiger partial charge >= 0.3 is 0 Å². The van der Waals surface area contributed by atoms with Crippen molar-refractivity contribution in [2.75, 3.05) is 0 Å². The zero-order valence-corrected chi connectivity index (χ0v) is 9.18. The molecule has 0 N–H and O–H groups in total. The Morgan fingerprint density at radius 3 is 2.54 bits per heavy atom. The molecule has 1 fully saturated rings. The van der Waals surface area contributed by atoms with Gasteiger partial charge in [0.1, 0.15) is 5.78 Å². The molecule has 0 aromatic carbocycles. The smallest absolute Gasteiger partial charge is 0.135 e. The molecule has 0 bridgehead atoms. The summed E-state index contributed by atoms with van der Waals surface area (Å²) in [5.74, 6) is 2.43. The van der Waals surface area contributed by atoms with Crippen molar-refractivity contribution in [3.05, 3.63) is 0 Å². The van der Waals surface area contributed by atoms with E-state index >= 15 is 0 Å². The molecule has 1 aliphatic carbocycles. The first-order valence-corrected chi connectivity index (χ1v) is 5.62. The zero-order valence-electron chi connectivity index (χ0n) is 9.18. The Balaban J connectivity index is 2.16. The second kappa shape index (κ2) is 4.78. The van der Waals surface area contributed by atoms with Gasteiger partial charge in [-0.2, -0.15) is 0 Å². The minimum atomic E-state index is 0.235. The Labute approximate surface area is 81.9 Å². The van der Waals surface area contributed by atoms with Crippen molar-refractivity contribution in [2.45, 2.75) is 52.9 Å². The summed E-state index contributed by atoms with van der Waals surface area (Å²) in [5.41, 5.74) is 0. The largest absolute Gasteiger partial charge is 0.299 e. The van der Waals surface area contributed by atoms with Gasteiger partial charge in [0.15, 0.2) is 0 Å². The Bertz CT molecular complexity index is 172. The average Bonchev–Trinajstić information content (AvgIpc) is 2.47. The van der Waals surface area contributed by atoms with E-state index in [1.807, 2.05) is 13.8 Å². The Kier molecular flexibility index (Phi) is 3.95. The van der Waals surface area contributed by atoms with E-state index in [1.54, 1.807) is 0 Å². The fraction of sp³-hybridized carbons (Fsp3) is 0.917. The maximum atomic E-state index is 11.4. The highest BCUT2D eigenvalue weighted by molar-refractivity contribution is 5.80. The van der Waals surface area contributed by atoms with Gasteiger partial charge in [-0.05, 0) is 24.7 Å². The van der Waals surface area contributed by atoms with Crippen LogP contribution in [0.5, 0.6) is 0 Å². The molecule has 76 valence electrons. The van der Waals surface area contributed by atoms with Crippen molar-refractivity contribution in [3.8, 4) is 0 Å². The van der Waals surface area contributed by atoms with Gasteiger partial charge in [0.05, 0.1) is 0 Å². The summed E-state index contributed by atoms with van der Waals surface area (Å²) in [7, 11) is 0. The minimum Gasteiger partial charge on any atom is -0.299 e. The van der Waals surface area contributed by atoms with Crippen LogP contribution in [-0.4, -0.2) is 5.78 Å². The van der Waals surface area contributed by atoms with Crippen LogP contribution in [0.3, 0.4) is 0 Å². The van der Waals surface area contributed by atoms with E-state index in [1.165, 1.54) is 19.3 Å². The first kappa shape index (κ1) is 10.7. The quantitative estimate of drug-likeness (QED) is 0.651. The van der Waals surface area contributed by atoms with Crippen molar-refractivity contribution in [3.63, 3.8) is 0 Å². The first-order chi connectivity index (χ1) is 6.09. The summed E-state index contributed by atoms with van der Waals surface area (Å²) in [6.45, 7) is 6.32. The number of Topliss-reactive ketones (excluding diaryl/α,β-unsaturated/α-hetero) is 1. The van der Waals surface area contributed by atoms with Crippen LogP contribution in [0, 0.1) is 17.8 Å². The lowest BCUT2D eigenvalue weighted by Crippen LogP contribution is -2.08. The van der Waals surface area contributed by atoms with Crippen molar-refractivity contribution in [2.24, 2.45) is 17.8 Å². The summed E-state index contributed by atoms with van der Waals surface area (Å²) in [4.78, 5) is 11.4. The maximum Gasteiger partial charge on any atom is 0.135 e. The highest BCUT2D eigenvalue weighted by Gasteiger charge is 2.21. The number of carbonyl (C=O) groups is 1. The molecule has 13 heavy (non-hydrogen) atoms. The van der Waals surface area contributed by atoms with Crippen LogP contribution in [0.4, 0.5) is 0 Å². The van der Waals surface area contributed by atoms with Crippen molar-refractivity contribution < 1.29 is 4.79 Å². The lowest BCUT2D eigenvalue weighted by Gasteiger charge is -2.09. The molecule has 0 saturated heterocycles. The summed E-state index contributed by atoms with van der Waals surface area (Å²) in [6.07, 6.45) is 6.04. The minimum absolute atomic E-state index is 0.235. The normalized spacial score (nSPS) is 28.3. The van der Waals surface area contributed by atoms with E-state index in [2.05, 4.69) is 6.92 Å². The summed E-state index contributed by atoms with van der Waals surface area (Å²) in [5, 5.41) is 0. The monoisotopic (exact) mass is 182 g/mol. The van der Waals surface area contributed by atoms with Gasteiger partial charge in [-0.3, -0.25) is 4.79 Å². The second-order valence-corrected chi connectivity index (χ2v) is 4.94. The molecule has 1 aliphatic rings. The van der Waals surface area contributed by atoms with Gasteiger partial charge in [0, 0.05) is 12.3 Å². The number of hydrogen-bond acceptors (Lipinski definition) is 1. The predicted octanol–water partition coefficient (Wildman–Crippen LogP) is 3.43. The van der Waals surface area contributed by atoms with Gasteiger partial charge in [-0.1, -0.05) is 33.6 Å². The molecule has 0 aliphatic heterocycles. The first-order valence-electron chi connectivity index (χ1n) is 5.62. The lowest BCUT2D eigenvalue weighted by molar-refractivity contribution is -0.122.